The molecule has 1 heterocycles. The van der Waals surface area contributed by atoms with Crippen molar-refractivity contribution in [3.63, 3.8) is 0 Å². The number of piperidine rings is 1. The van der Waals surface area contributed by atoms with Crippen LogP contribution >= 0.6 is 23.2 Å². The number of aliphatic hydroxyl groups is 1. The van der Waals surface area contributed by atoms with E-state index in [0.29, 0.717) is 36.5 Å². The van der Waals surface area contributed by atoms with E-state index in [9.17, 15) is 15.0 Å². The fourth-order valence-electron chi connectivity index (χ4n) is 2.82. The van der Waals surface area contributed by atoms with Crippen LogP contribution in [0, 0.1) is 5.92 Å². The molecule has 122 valence electrons. The maximum atomic E-state index is 11.8. The average molecular weight is 347 g/mol. The van der Waals surface area contributed by atoms with E-state index >= 15 is 0 Å². The first kappa shape index (κ1) is 17.3. The van der Waals surface area contributed by atoms with Crippen LogP contribution in [-0.2, 0) is 4.79 Å². The fourth-order valence-corrected chi connectivity index (χ4v) is 3.15. The number of phenols is 1. The predicted molar refractivity (Wildman–Crippen MR) is 86.0 cm³/mol. The molecule has 1 amide bonds. The van der Waals surface area contributed by atoms with E-state index in [1.54, 1.807) is 11.0 Å². The lowest BCUT2D eigenvalue weighted by Gasteiger charge is -2.35. The van der Waals surface area contributed by atoms with Crippen LogP contribution in [0.15, 0.2) is 12.1 Å². The molecule has 1 saturated heterocycles. The molecule has 1 aromatic carbocycles. The summed E-state index contributed by atoms with van der Waals surface area (Å²) < 4.78 is 0. The van der Waals surface area contributed by atoms with Gasteiger partial charge < -0.3 is 20.8 Å². The average Bonchev–Trinajstić information content (AvgIpc) is 2.49. The normalized spacial score (nSPS) is 19.0. The summed E-state index contributed by atoms with van der Waals surface area (Å²) in [6, 6.07) is 2.61. The Morgan fingerprint density at radius 1 is 1.32 bits per heavy atom. The molecule has 5 nitrogen and oxygen atoms in total. The third-order valence-corrected chi connectivity index (χ3v) is 4.87. The molecule has 0 aromatic heterocycles. The zero-order valence-corrected chi connectivity index (χ0v) is 13.8. The number of aliphatic hydroxyl groups excluding tert-OH is 1. The topological polar surface area (TPSA) is 86.8 Å². The number of halogens is 2. The van der Waals surface area contributed by atoms with Gasteiger partial charge in [-0.15, -0.1) is 0 Å². The SMILES string of the molecule is C[C@H](O)C(=O)N1CCC([C@@H](N)c2cc(Cl)c(Cl)cc2O)CC1. The van der Waals surface area contributed by atoms with Crippen LogP contribution in [0.25, 0.3) is 0 Å². The molecule has 2 atom stereocenters. The Bertz CT molecular complexity index is 558. The number of aromatic hydroxyl groups is 1. The lowest BCUT2D eigenvalue weighted by Crippen LogP contribution is -2.44. The molecule has 4 N–H and O–H groups in total. The molecule has 0 saturated carbocycles. The van der Waals surface area contributed by atoms with Crippen molar-refractivity contribution in [2.75, 3.05) is 13.1 Å². The first-order chi connectivity index (χ1) is 10.3. The van der Waals surface area contributed by atoms with Crippen molar-refractivity contribution in [2.24, 2.45) is 11.7 Å². The molecule has 1 fully saturated rings. The van der Waals surface area contributed by atoms with Gasteiger partial charge in [-0.1, -0.05) is 23.2 Å². The van der Waals surface area contributed by atoms with Crippen LogP contribution in [-0.4, -0.2) is 40.2 Å². The summed E-state index contributed by atoms with van der Waals surface area (Å²) in [5.41, 5.74) is 6.82. The van der Waals surface area contributed by atoms with Crippen molar-refractivity contribution in [1.82, 2.24) is 4.90 Å². The number of carbonyl (C=O) groups is 1. The summed E-state index contributed by atoms with van der Waals surface area (Å²) in [4.78, 5) is 13.4. The number of hydrogen-bond donors (Lipinski definition) is 3. The molecule has 22 heavy (non-hydrogen) atoms. The highest BCUT2D eigenvalue weighted by molar-refractivity contribution is 6.42. The fraction of sp³-hybridized carbons (Fsp3) is 0.533. The molecule has 1 aromatic rings. The Balaban J connectivity index is 2.05. The summed E-state index contributed by atoms with van der Waals surface area (Å²) in [5.74, 6) is -0.102. The van der Waals surface area contributed by atoms with Crippen LogP contribution < -0.4 is 5.73 Å². The predicted octanol–water partition coefficient (Wildman–Crippen LogP) is 2.32. The molecule has 0 bridgehead atoms. The van der Waals surface area contributed by atoms with E-state index in [4.69, 9.17) is 28.9 Å². The Morgan fingerprint density at radius 3 is 2.41 bits per heavy atom. The maximum absolute atomic E-state index is 11.8. The molecule has 1 aliphatic heterocycles. The van der Waals surface area contributed by atoms with Crippen molar-refractivity contribution in [2.45, 2.75) is 31.9 Å². The number of likely N-dealkylation sites (tertiary alicyclic amines) is 1. The van der Waals surface area contributed by atoms with Crippen molar-refractivity contribution >= 4 is 29.1 Å². The largest absolute Gasteiger partial charge is 0.508 e. The number of nitrogens with zero attached hydrogens (tertiary/aromatic N) is 1. The highest BCUT2D eigenvalue weighted by Crippen LogP contribution is 2.37. The summed E-state index contributed by atoms with van der Waals surface area (Å²) in [5, 5.41) is 20.0. The number of rotatable bonds is 3. The minimum Gasteiger partial charge on any atom is -0.508 e. The third kappa shape index (κ3) is 3.66. The van der Waals surface area contributed by atoms with Gasteiger partial charge >= 0.3 is 0 Å². The standard InChI is InChI=1S/C15H20Cl2N2O3/c1-8(20)15(22)19-4-2-9(3-5-19)14(18)10-6-11(16)12(17)7-13(10)21/h6-9,14,20-21H,2-5,18H2,1H3/t8-,14+/m0/s1. The van der Waals surface area contributed by atoms with Crippen LogP contribution in [0.1, 0.15) is 31.4 Å². The Hall–Kier alpha value is -1.01. The second kappa shape index (κ2) is 7.04. The lowest BCUT2D eigenvalue weighted by molar-refractivity contribution is -0.140. The molecule has 2 rings (SSSR count). The smallest absolute Gasteiger partial charge is 0.251 e. The Kier molecular flexibility index (Phi) is 5.55. The minimum absolute atomic E-state index is 0.0318. The lowest BCUT2D eigenvalue weighted by atomic mass is 9.85. The van der Waals surface area contributed by atoms with E-state index in [1.165, 1.54) is 13.0 Å². The molecule has 1 aliphatic rings. The van der Waals surface area contributed by atoms with E-state index < -0.39 is 6.10 Å². The van der Waals surface area contributed by atoms with Crippen molar-refractivity contribution in [3.05, 3.63) is 27.7 Å². The van der Waals surface area contributed by atoms with E-state index in [0.717, 1.165) is 0 Å². The molecule has 0 aliphatic carbocycles. The van der Waals surface area contributed by atoms with Gasteiger partial charge in [-0.25, -0.2) is 0 Å². The summed E-state index contributed by atoms with van der Waals surface area (Å²) in [6.07, 6.45) is 0.433. The number of benzene rings is 1. The zero-order valence-electron chi connectivity index (χ0n) is 12.3. The molecule has 7 heteroatoms. The maximum Gasteiger partial charge on any atom is 0.251 e. The second-order valence-corrected chi connectivity index (χ2v) is 6.50. The van der Waals surface area contributed by atoms with Gasteiger partial charge in [0.2, 0.25) is 0 Å². The second-order valence-electron chi connectivity index (χ2n) is 5.69. The first-order valence-corrected chi connectivity index (χ1v) is 7.97. The van der Waals surface area contributed by atoms with E-state index in [2.05, 4.69) is 0 Å². The Morgan fingerprint density at radius 2 is 1.86 bits per heavy atom. The highest BCUT2D eigenvalue weighted by Gasteiger charge is 2.30. The summed E-state index contributed by atoms with van der Waals surface area (Å²) in [6.45, 7) is 2.56. The first-order valence-electron chi connectivity index (χ1n) is 7.21. The van der Waals surface area contributed by atoms with Gasteiger partial charge in [-0.3, -0.25) is 4.79 Å². The molecule has 0 radical (unpaired) electrons. The van der Waals surface area contributed by atoms with E-state index in [-0.39, 0.29) is 28.6 Å². The zero-order chi connectivity index (χ0) is 16.4. The van der Waals surface area contributed by atoms with Gasteiger partial charge in [0.05, 0.1) is 10.0 Å². The van der Waals surface area contributed by atoms with Crippen molar-refractivity contribution in [3.8, 4) is 5.75 Å². The summed E-state index contributed by atoms with van der Waals surface area (Å²) >= 11 is 11.8. The monoisotopic (exact) mass is 346 g/mol. The number of amides is 1. The number of hydrogen-bond acceptors (Lipinski definition) is 4. The Labute approximate surface area is 139 Å². The van der Waals surface area contributed by atoms with Crippen molar-refractivity contribution < 1.29 is 15.0 Å². The number of nitrogens with two attached hydrogens (primary N) is 1. The van der Waals surface area contributed by atoms with Crippen LogP contribution in [0.4, 0.5) is 0 Å². The van der Waals surface area contributed by atoms with Crippen molar-refractivity contribution in [1.29, 1.82) is 0 Å². The number of phenolic OH excluding ortho intramolecular Hbond substituents is 1. The van der Waals surface area contributed by atoms with Gasteiger partial charge in [0.1, 0.15) is 11.9 Å². The highest BCUT2D eigenvalue weighted by atomic mass is 35.5. The number of carbonyl (C=O) groups excluding carboxylic acids is 1. The quantitative estimate of drug-likeness (QED) is 0.783. The van der Waals surface area contributed by atoms with Gasteiger partial charge in [0.25, 0.3) is 5.91 Å². The molecule has 0 unspecified atom stereocenters. The van der Waals surface area contributed by atoms with Gasteiger partial charge in [-0.2, -0.15) is 0 Å². The van der Waals surface area contributed by atoms with E-state index in [1.807, 2.05) is 0 Å². The van der Waals surface area contributed by atoms with Crippen LogP contribution in [0.3, 0.4) is 0 Å². The molecular formula is C15H20Cl2N2O3. The van der Waals surface area contributed by atoms with Gasteiger partial charge in [-0.05, 0) is 31.7 Å². The third-order valence-electron chi connectivity index (χ3n) is 4.15. The van der Waals surface area contributed by atoms with Crippen LogP contribution in [0.2, 0.25) is 10.0 Å². The molecular weight excluding hydrogens is 327 g/mol. The minimum atomic E-state index is -0.982. The van der Waals surface area contributed by atoms with Gasteiger partial charge in [0.15, 0.2) is 0 Å². The molecule has 0 spiro atoms. The summed E-state index contributed by atoms with van der Waals surface area (Å²) in [7, 11) is 0. The van der Waals surface area contributed by atoms with Gasteiger partial charge in [0, 0.05) is 30.8 Å². The van der Waals surface area contributed by atoms with Crippen LogP contribution in [0.5, 0.6) is 5.75 Å².